The summed E-state index contributed by atoms with van der Waals surface area (Å²) in [6.45, 7) is 11.6. The van der Waals surface area contributed by atoms with Crippen molar-refractivity contribution >= 4 is 0 Å². The van der Waals surface area contributed by atoms with Gasteiger partial charge in [-0.2, -0.15) is 0 Å². The second-order valence-corrected chi connectivity index (χ2v) is 6.58. The van der Waals surface area contributed by atoms with E-state index >= 15 is 0 Å². The van der Waals surface area contributed by atoms with Crippen LogP contribution >= 0.6 is 0 Å². The molecule has 0 aromatic heterocycles. The Bertz CT molecular complexity index is 176. The van der Waals surface area contributed by atoms with Gasteiger partial charge in [-0.15, -0.1) is 0 Å². The molecule has 3 N–H and O–H groups in total. The van der Waals surface area contributed by atoms with E-state index in [1.165, 1.54) is 0 Å². The molecule has 0 aromatic rings. The molecule has 0 aliphatic carbocycles. The Hall–Kier alpha value is 0.554. The first-order valence-electron chi connectivity index (χ1n) is 5.68. The van der Waals surface area contributed by atoms with Gasteiger partial charge in [0, 0.05) is 41.4 Å². The second kappa shape index (κ2) is 7.98. The normalized spacial score (nSPS) is 13.0. The Labute approximate surface area is 127 Å². The molecule has 4 nitrogen and oxygen atoms in total. The van der Waals surface area contributed by atoms with Crippen molar-refractivity contribution in [2.45, 2.75) is 58.3 Å². The van der Waals surface area contributed by atoms with E-state index in [2.05, 4.69) is 0 Å². The van der Waals surface area contributed by atoms with Gasteiger partial charge in [-0.05, 0) is 41.5 Å². The van der Waals surface area contributed by atoms with Gasteiger partial charge in [0.25, 0.3) is 0 Å². The first kappa shape index (κ1) is 23.6. The van der Waals surface area contributed by atoms with Crippen LogP contribution < -0.4 is 0 Å². The van der Waals surface area contributed by atoms with Gasteiger partial charge in [0.1, 0.15) is 0 Å². The van der Waals surface area contributed by atoms with Crippen LogP contribution in [0.25, 0.3) is 0 Å². The summed E-state index contributed by atoms with van der Waals surface area (Å²) in [7, 11) is 0. The molecule has 0 fully saturated rings. The summed E-state index contributed by atoms with van der Waals surface area (Å²) in [6, 6.07) is 0. The second-order valence-electron chi connectivity index (χ2n) is 6.58. The minimum absolute atomic E-state index is 0. The zero-order valence-corrected chi connectivity index (χ0v) is 14.5. The zero-order chi connectivity index (χ0) is 13.2. The Morgan fingerprint density at radius 2 is 0.833 bits per heavy atom. The number of aliphatic hydroxyl groups is 3. The van der Waals surface area contributed by atoms with Crippen LogP contribution in [0.4, 0.5) is 0 Å². The van der Waals surface area contributed by atoms with E-state index in [-0.39, 0.29) is 29.1 Å². The third kappa shape index (κ3) is 16.6. The van der Waals surface area contributed by atoms with Gasteiger partial charge in [-0.1, -0.05) is 0 Å². The van der Waals surface area contributed by atoms with Gasteiger partial charge in [-0.3, -0.25) is 4.90 Å². The summed E-state index contributed by atoms with van der Waals surface area (Å²) in [5.41, 5.74) is -2.51. The minimum Gasteiger partial charge on any atom is -0.389 e. The summed E-state index contributed by atoms with van der Waals surface area (Å²) < 4.78 is 0. The van der Waals surface area contributed by atoms with Gasteiger partial charge >= 0.3 is 0 Å². The molecule has 0 spiro atoms. The first-order valence-corrected chi connectivity index (χ1v) is 5.68. The Morgan fingerprint density at radius 1 is 0.667 bits per heavy atom. The molecule has 0 radical (unpaired) electrons. The van der Waals surface area contributed by atoms with Crippen molar-refractivity contribution in [2.75, 3.05) is 19.6 Å². The summed E-state index contributed by atoms with van der Waals surface area (Å²) >= 11 is 0. The van der Waals surface area contributed by atoms with Crippen LogP contribution in [0.1, 0.15) is 41.5 Å². The summed E-state index contributed by atoms with van der Waals surface area (Å²) in [6.07, 6.45) is 0. The minimum atomic E-state index is -0.837. The monoisotopic (exact) mass is 296 g/mol. The van der Waals surface area contributed by atoms with Crippen molar-refractivity contribution in [3.8, 4) is 0 Å². The Balaban J connectivity index is -0.00000112. The van der Waals surface area contributed by atoms with Crippen molar-refractivity contribution in [1.29, 1.82) is 0 Å². The molecular formula is C13H30NO3Ti-. The molecule has 0 saturated heterocycles. The van der Waals surface area contributed by atoms with E-state index in [4.69, 9.17) is 0 Å². The van der Waals surface area contributed by atoms with Crippen molar-refractivity contribution in [3.63, 3.8) is 0 Å². The molecule has 0 saturated carbocycles. The summed E-state index contributed by atoms with van der Waals surface area (Å²) in [5, 5.41) is 29.3. The largest absolute Gasteiger partial charge is 0.389 e. The molecule has 0 rings (SSSR count). The van der Waals surface area contributed by atoms with Crippen molar-refractivity contribution in [2.24, 2.45) is 0 Å². The molecule has 18 heavy (non-hydrogen) atoms. The van der Waals surface area contributed by atoms with Crippen LogP contribution in [0.5, 0.6) is 0 Å². The van der Waals surface area contributed by atoms with Crippen LogP contribution in [0.3, 0.4) is 0 Å². The number of hydrogen-bond donors (Lipinski definition) is 3. The topological polar surface area (TPSA) is 63.9 Å². The maximum atomic E-state index is 9.78. The molecule has 0 unspecified atom stereocenters. The number of hydrogen-bond acceptors (Lipinski definition) is 4. The smallest absolute Gasteiger partial charge is 0.0718 e. The molecule has 0 amide bonds. The third-order valence-electron chi connectivity index (χ3n) is 1.83. The first-order chi connectivity index (χ1) is 6.79. The van der Waals surface area contributed by atoms with Crippen molar-refractivity contribution in [1.82, 2.24) is 4.90 Å². The van der Waals surface area contributed by atoms with Crippen LogP contribution in [0.2, 0.25) is 0 Å². The number of rotatable bonds is 6. The maximum Gasteiger partial charge on any atom is 0.0718 e. The van der Waals surface area contributed by atoms with Crippen LogP contribution in [-0.2, 0) is 21.7 Å². The van der Waals surface area contributed by atoms with Gasteiger partial charge in [0.15, 0.2) is 0 Å². The van der Waals surface area contributed by atoms with Crippen molar-refractivity contribution in [3.05, 3.63) is 7.43 Å². The molecular weight excluding hydrogens is 266 g/mol. The quantitative estimate of drug-likeness (QED) is 0.506. The molecule has 0 atom stereocenters. The van der Waals surface area contributed by atoms with E-state index in [1.807, 2.05) is 4.90 Å². The van der Waals surface area contributed by atoms with E-state index in [9.17, 15) is 15.3 Å². The zero-order valence-electron chi connectivity index (χ0n) is 12.9. The fourth-order valence-corrected chi connectivity index (χ4v) is 1.81. The fourth-order valence-electron chi connectivity index (χ4n) is 1.81. The molecule has 0 aliphatic rings. The van der Waals surface area contributed by atoms with Gasteiger partial charge in [0.2, 0.25) is 0 Å². The summed E-state index contributed by atoms with van der Waals surface area (Å²) in [5.74, 6) is 0. The predicted octanol–water partition coefficient (Wildman–Crippen LogP) is 1.05. The molecule has 0 aromatic carbocycles. The van der Waals surface area contributed by atoms with E-state index in [1.54, 1.807) is 41.5 Å². The van der Waals surface area contributed by atoms with Gasteiger partial charge in [-0.25, -0.2) is 0 Å². The standard InChI is InChI=1S/C12H27NO3.CH3.Ti/c1-10(2,14)7-13(8-11(3,4)15)9-12(5,6)16;;/h14-16H,7-9H2,1-6H3;1H3;/q;-1;. The van der Waals surface area contributed by atoms with Crippen molar-refractivity contribution < 1.29 is 37.0 Å². The molecule has 110 valence electrons. The van der Waals surface area contributed by atoms with Gasteiger partial charge < -0.3 is 22.7 Å². The SMILES string of the molecule is CC(C)(O)CN(CC(C)(C)O)CC(C)(C)O.[CH3-].[Ti]. The maximum absolute atomic E-state index is 9.78. The average Bonchev–Trinajstić information content (AvgIpc) is 1.70. The molecule has 0 aliphatic heterocycles. The molecule has 0 heterocycles. The third-order valence-corrected chi connectivity index (χ3v) is 1.83. The summed E-state index contributed by atoms with van der Waals surface area (Å²) in [4.78, 5) is 1.88. The molecule has 5 heteroatoms. The Kier molecular flexibility index (Phi) is 10.5. The number of nitrogens with zero attached hydrogens (tertiary/aromatic N) is 1. The van der Waals surface area contributed by atoms with Gasteiger partial charge in [0.05, 0.1) is 16.8 Å². The van der Waals surface area contributed by atoms with Crippen LogP contribution in [-0.4, -0.2) is 56.7 Å². The van der Waals surface area contributed by atoms with Crippen LogP contribution in [0, 0.1) is 7.43 Å². The predicted molar refractivity (Wildman–Crippen MR) is 71.7 cm³/mol. The van der Waals surface area contributed by atoms with E-state index in [0.717, 1.165) is 0 Å². The molecule has 0 bridgehead atoms. The van der Waals surface area contributed by atoms with E-state index < -0.39 is 16.8 Å². The van der Waals surface area contributed by atoms with Crippen LogP contribution in [0.15, 0.2) is 0 Å². The van der Waals surface area contributed by atoms with E-state index in [0.29, 0.717) is 19.6 Å². The Morgan fingerprint density at radius 3 is 0.944 bits per heavy atom. The fraction of sp³-hybridized carbons (Fsp3) is 0.923. The average molecular weight is 296 g/mol.